The van der Waals surface area contributed by atoms with E-state index >= 15 is 0 Å². The number of rotatable bonds is 9. The molecular weight excluding hydrogens is 519 g/mol. The van der Waals surface area contributed by atoms with Crippen molar-refractivity contribution in [3.05, 3.63) is 75.7 Å². The van der Waals surface area contributed by atoms with E-state index in [0.29, 0.717) is 37.8 Å². The zero-order chi connectivity index (χ0) is 28.9. The molecule has 3 aromatic rings. The highest BCUT2D eigenvalue weighted by Crippen LogP contribution is 2.32. The Morgan fingerprint density at radius 2 is 1.60 bits per heavy atom. The molecule has 0 spiro atoms. The first-order chi connectivity index (χ1) is 18.9. The molecule has 8 nitrogen and oxygen atoms in total. The number of anilines is 2. The SMILES string of the molecule is Cc1cn(CCCCN2CCN(c3cc(C(F)(F)F)nc(C(C)(C)C)n3)CC2)c(=O)nc1NCc1ccccc1. The molecule has 0 radical (unpaired) electrons. The van der Waals surface area contributed by atoms with Crippen molar-refractivity contribution in [1.29, 1.82) is 0 Å². The predicted octanol–water partition coefficient (Wildman–Crippen LogP) is 4.87. The number of nitrogens with one attached hydrogen (secondary N) is 1. The smallest absolute Gasteiger partial charge is 0.366 e. The van der Waals surface area contributed by atoms with Crippen LogP contribution in [0.25, 0.3) is 0 Å². The van der Waals surface area contributed by atoms with E-state index in [1.807, 2.05) is 69.1 Å². The van der Waals surface area contributed by atoms with Crippen molar-refractivity contribution in [1.82, 2.24) is 24.4 Å². The highest BCUT2D eigenvalue weighted by atomic mass is 19.4. The molecule has 1 saturated heterocycles. The summed E-state index contributed by atoms with van der Waals surface area (Å²) in [6.07, 6.45) is -0.939. The molecule has 40 heavy (non-hydrogen) atoms. The van der Waals surface area contributed by atoms with Crippen molar-refractivity contribution in [3.63, 3.8) is 0 Å². The number of aryl methyl sites for hydroxylation is 2. The van der Waals surface area contributed by atoms with E-state index in [1.165, 1.54) is 0 Å². The lowest BCUT2D eigenvalue weighted by Crippen LogP contribution is -2.47. The fourth-order valence-corrected chi connectivity index (χ4v) is 4.61. The molecule has 1 N–H and O–H groups in total. The maximum absolute atomic E-state index is 13.5. The maximum atomic E-state index is 13.5. The van der Waals surface area contributed by atoms with E-state index in [9.17, 15) is 18.0 Å². The first kappa shape index (κ1) is 29.5. The van der Waals surface area contributed by atoms with Gasteiger partial charge in [-0.2, -0.15) is 18.2 Å². The fraction of sp³-hybridized carbons (Fsp3) is 0.517. The van der Waals surface area contributed by atoms with Crippen LogP contribution in [-0.4, -0.2) is 57.1 Å². The van der Waals surface area contributed by atoms with Crippen molar-refractivity contribution in [2.45, 2.75) is 65.2 Å². The van der Waals surface area contributed by atoms with Crippen molar-refractivity contribution in [3.8, 4) is 0 Å². The topological polar surface area (TPSA) is 79.2 Å². The molecule has 0 aliphatic carbocycles. The highest BCUT2D eigenvalue weighted by molar-refractivity contribution is 5.43. The summed E-state index contributed by atoms with van der Waals surface area (Å²) in [5.74, 6) is 1.12. The normalized spacial score (nSPS) is 14.9. The standard InChI is InChI=1S/C29H38F3N7O/c1-21-20-39(27(40)36-25(21)33-19-22-10-6-5-7-11-22)13-9-8-12-37-14-16-38(17-15-37)24-18-23(29(30,31)32)34-26(35-24)28(2,3)4/h5-7,10-11,18,20H,8-9,12-17,19H2,1-4H3,(H,33,36,40). The molecule has 1 fully saturated rings. The molecule has 1 aliphatic heterocycles. The second kappa shape index (κ2) is 12.4. The van der Waals surface area contributed by atoms with Crippen molar-refractivity contribution in [2.24, 2.45) is 0 Å². The number of halogens is 3. The van der Waals surface area contributed by atoms with Gasteiger partial charge in [0.15, 0.2) is 0 Å². The molecule has 1 aliphatic rings. The molecular formula is C29H38F3N7O. The molecule has 0 amide bonds. The first-order valence-electron chi connectivity index (χ1n) is 13.7. The molecule has 216 valence electrons. The number of aromatic nitrogens is 4. The average Bonchev–Trinajstić information content (AvgIpc) is 2.91. The number of hydrogen-bond acceptors (Lipinski definition) is 7. The van der Waals surface area contributed by atoms with Gasteiger partial charge < -0.3 is 10.2 Å². The number of nitrogens with zero attached hydrogens (tertiary/aromatic N) is 6. The van der Waals surface area contributed by atoms with Crippen LogP contribution in [0.3, 0.4) is 0 Å². The number of benzene rings is 1. The van der Waals surface area contributed by atoms with Crippen LogP contribution in [0.15, 0.2) is 47.4 Å². The molecule has 3 heterocycles. The minimum atomic E-state index is -4.52. The second-order valence-electron chi connectivity index (χ2n) is 11.3. The highest BCUT2D eigenvalue weighted by Gasteiger charge is 2.36. The van der Waals surface area contributed by atoms with Gasteiger partial charge in [-0.05, 0) is 31.9 Å². The lowest BCUT2D eigenvalue weighted by Gasteiger charge is -2.36. The van der Waals surface area contributed by atoms with Gasteiger partial charge in [0, 0.05) is 62.5 Å². The predicted molar refractivity (Wildman–Crippen MR) is 151 cm³/mol. The third-order valence-electron chi connectivity index (χ3n) is 6.97. The maximum Gasteiger partial charge on any atom is 0.433 e. The van der Waals surface area contributed by atoms with Crippen LogP contribution in [0.1, 0.15) is 56.3 Å². The van der Waals surface area contributed by atoms with Gasteiger partial charge in [0.25, 0.3) is 0 Å². The summed E-state index contributed by atoms with van der Waals surface area (Å²) < 4.78 is 42.1. The van der Waals surface area contributed by atoms with Crippen LogP contribution >= 0.6 is 0 Å². The Morgan fingerprint density at radius 3 is 2.25 bits per heavy atom. The Hall–Kier alpha value is -3.47. The summed E-state index contributed by atoms with van der Waals surface area (Å²) in [7, 11) is 0. The lowest BCUT2D eigenvalue weighted by atomic mass is 9.95. The summed E-state index contributed by atoms with van der Waals surface area (Å²) >= 11 is 0. The Labute approximate surface area is 233 Å². The number of piperazine rings is 1. The van der Waals surface area contributed by atoms with Crippen molar-refractivity contribution in [2.75, 3.05) is 42.9 Å². The van der Waals surface area contributed by atoms with Crippen LogP contribution < -0.4 is 15.9 Å². The molecule has 4 rings (SSSR count). The van der Waals surface area contributed by atoms with Gasteiger partial charge in [0.2, 0.25) is 0 Å². The second-order valence-corrected chi connectivity index (χ2v) is 11.3. The summed E-state index contributed by atoms with van der Waals surface area (Å²) in [6.45, 7) is 12.1. The first-order valence-corrected chi connectivity index (χ1v) is 13.7. The third kappa shape index (κ3) is 7.80. The van der Waals surface area contributed by atoms with Gasteiger partial charge in [-0.15, -0.1) is 0 Å². The van der Waals surface area contributed by atoms with E-state index in [-0.39, 0.29) is 11.5 Å². The van der Waals surface area contributed by atoms with Crippen molar-refractivity contribution < 1.29 is 13.2 Å². The van der Waals surface area contributed by atoms with Crippen LogP contribution in [0.4, 0.5) is 24.8 Å². The average molecular weight is 558 g/mol. The molecule has 0 atom stereocenters. The van der Waals surface area contributed by atoms with Gasteiger partial charge in [-0.25, -0.2) is 14.8 Å². The van der Waals surface area contributed by atoms with Crippen LogP contribution in [0.5, 0.6) is 0 Å². The zero-order valence-electron chi connectivity index (χ0n) is 23.6. The Bertz CT molecular complexity index is 1300. The number of alkyl halides is 3. The minimum Gasteiger partial charge on any atom is -0.366 e. The molecule has 0 bridgehead atoms. The van der Waals surface area contributed by atoms with E-state index in [4.69, 9.17) is 0 Å². The molecule has 0 saturated carbocycles. The van der Waals surface area contributed by atoms with E-state index in [2.05, 4.69) is 25.2 Å². The Kier molecular flexibility index (Phi) is 9.12. The van der Waals surface area contributed by atoms with Gasteiger partial charge in [-0.3, -0.25) is 9.47 Å². The molecule has 0 unspecified atom stereocenters. The van der Waals surface area contributed by atoms with E-state index in [1.54, 1.807) is 4.57 Å². The summed E-state index contributed by atoms with van der Waals surface area (Å²) in [6, 6.07) is 11.0. The largest absolute Gasteiger partial charge is 0.433 e. The van der Waals surface area contributed by atoms with Crippen LogP contribution in [-0.2, 0) is 24.7 Å². The third-order valence-corrected chi connectivity index (χ3v) is 6.97. The summed E-state index contributed by atoms with van der Waals surface area (Å²) in [5, 5.41) is 3.24. The van der Waals surface area contributed by atoms with Gasteiger partial charge in [-0.1, -0.05) is 51.1 Å². The van der Waals surface area contributed by atoms with Crippen LogP contribution in [0.2, 0.25) is 0 Å². The molecule has 1 aromatic carbocycles. The van der Waals surface area contributed by atoms with Gasteiger partial charge in [0.05, 0.1) is 0 Å². The number of hydrogen-bond donors (Lipinski definition) is 1. The van der Waals surface area contributed by atoms with Gasteiger partial charge >= 0.3 is 11.9 Å². The fourth-order valence-electron chi connectivity index (χ4n) is 4.61. The zero-order valence-corrected chi connectivity index (χ0v) is 23.6. The monoisotopic (exact) mass is 557 g/mol. The summed E-state index contributed by atoms with van der Waals surface area (Å²) in [5.41, 5.74) is 0.274. The van der Waals surface area contributed by atoms with E-state index < -0.39 is 17.3 Å². The Morgan fingerprint density at radius 1 is 0.925 bits per heavy atom. The summed E-state index contributed by atoms with van der Waals surface area (Å²) in [4.78, 5) is 29.3. The quantitative estimate of drug-likeness (QED) is 0.376. The number of unbranched alkanes of at least 4 members (excludes halogenated alkanes) is 1. The van der Waals surface area contributed by atoms with Gasteiger partial charge in [0.1, 0.15) is 23.2 Å². The lowest BCUT2D eigenvalue weighted by molar-refractivity contribution is -0.141. The molecule has 11 heteroatoms. The van der Waals surface area contributed by atoms with E-state index in [0.717, 1.165) is 49.7 Å². The Balaban J connectivity index is 1.25. The minimum absolute atomic E-state index is 0.194. The van der Waals surface area contributed by atoms with Crippen LogP contribution in [0, 0.1) is 6.92 Å². The van der Waals surface area contributed by atoms with Crippen molar-refractivity contribution >= 4 is 11.6 Å². The molecule has 2 aromatic heterocycles.